The van der Waals surface area contributed by atoms with E-state index < -0.39 is 17.0 Å². The van der Waals surface area contributed by atoms with Gasteiger partial charge in [-0.05, 0) is 25.0 Å². The molecular formula is C13H14BrF3N2O2. The standard InChI is InChI=1S/C13H14BrF3N2O2/c14-8-9-7-11(1-2-12(9)19(20)21)18-5-3-10(4-6-18)13(15,16)17/h1-2,7,10H,3-6,8H2. The zero-order chi connectivity index (χ0) is 15.6. The highest BCUT2D eigenvalue weighted by atomic mass is 79.9. The largest absolute Gasteiger partial charge is 0.391 e. The summed E-state index contributed by atoms with van der Waals surface area (Å²) in [4.78, 5) is 12.3. The van der Waals surface area contributed by atoms with Crippen molar-refractivity contribution in [3.05, 3.63) is 33.9 Å². The smallest absolute Gasteiger partial charge is 0.371 e. The zero-order valence-corrected chi connectivity index (χ0v) is 12.7. The molecular weight excluding hydrogens is 353 g/mol. The van der Waals surface area contributed by atoms with E-state index in [1.807, 2.05) is 4.90 Å². The molecule has 0 amide bonds. The van der Waals surface area contributed by atoms with Crippen molar-refractivity contribution >= 4 is 27.3 Å². The van der Waals surface area contributed by atoms with Gasteiger partial charge in [0, 0.05) is 35.7 Å². The predicted molar refractivity (Wildman–Crippen MR) is 76.7 cm³/mol. The summed E-state index contributed by atoms with van der Waals surface area (Å²) >= 11 is 3.20. The normalized spacial score (nSPS) is 17.0. The van der Waals surface area contributed by atoms with E-state index in [0.717, 1.165) is 5.69 Å². The molecule has 1 aromatic rings. The number of benzene rings is 1. The minimum Gasteiger partial charge on any atom is -0.371 e. The van der Waals surface area contributed by atoms with Crippen molar-refractivity contribution in [1.82, 2.24) is 0 Å². The van der Waals surface area contributed by atoms with Gasteiger partial charge >= 0.3 is 6.18 Å². The van der Waals surface area contributed by atoms with E-state index in [-0.39, 0.29) is 18.5 Å². The van der Waals surface area contributed by atoms with Crippen LogP contribution in [0.5, 0.6) is 0 Å². The van der Waals surface area contributed by atoms with Crippen LogP contribution in [0.25, 0.3) is 0 Å². The first-order valence-corrected chi connectivity index (χ1v) is 7.60. The molecule has 1 aliphatic heterocycles. The molecule has 1 saturated heterocycles. The topological polar surface area (TPSA) is 46.4 Å². The highest BCUT2D eigenvalue weighted by molar-refractivity contribution is 9.08. The molecule has 0 N–H and O–H groups in total. The van der Waals surface area contributed by atoms with Crippen LogP contribution in [0.1, 0.15) is 18.4 Å². The fourth-order valence-electron chi connectivity index (χ4n) is 2.52. The number of hydrogen-bond donors (Lipinski definition) is 0. The molecule has 1 fully saturated rings. The van der Waals surface area contributed by atoms with Crippen molar-refractivity contribution in [2.45, 2.75) is 24.3 Å². The molecule has 0 aliphatic carbocycles. The van der Waals surface area contributed by atoms with Crippen molar-refractivity contribution in [2.75, 3.05) is 18.0 Å². The molecule has 0 spiro atoms. The van der Waals surface area contributed by atoms with Gasteiger partial charge in [0.2, 0.25) is 0 Å². The Morgan fingerprint density at radius 3 is 2.43 bits per heavy atom. The monoisotopic (exact) mass is 366 g/mol. The lowest BCUT2D eigenvalue weighted by molar-refractivity contribution is -0.385. The van der Waals surface area contributed by atoms with Gasteiger partial charge in [-0.3, -0.25) is 10.1 Å². The summed E-state index contributed by atoms with van der Waals surface area (Å²) in [6.45, 7) is 0.618. The van der Waals surface area contributed by atoms with E-state index in [2.05, 4.69) is 15.9 Å². The number of nitrogens with zero attached hydrogens (tertiary/aromatic N) is 2. The number of nitro groups is 1. The molecule has 21 heavy (non-hydrogen) atoms. The Bertz CT molecular complexity index is 529. The lowest BCUT2D eigenvalue weighted by Crippen LogP contribution is -2.39. The fourth-order valence-corrected chi connectivity index (χ4v) is 2.97. The van der Waals surface area contributed by atoms with Gasteiger partial charge < -0.3 is 4.90 Å². The van der Waals surface area contributed by atoms with Crippen LogP contribution in [0.15, 0.2) is 18.2 Å². The second kappa shape index (κ2) is 6.21. The van der Waals surface area contributed by atoms with E-state index >= 15 is 0 Å². The summed E-state index contributed by atoms with van der Waals surface area (Å²) in [5, 5.41) is 11.2. The average molecular weight is 367 g/mol. The second-order valence-corrected chi connectivity index (χ2v) is 5.57. The number of anilines is 1. The molecule has 4 nitrogen and oxygen atoms in total. The maximum absolute atomic E-state index is 12.6. The van der Waals surface area contributed by atoms with Crippen LogP contribution >= 0.6 is 15.9 Å². The maximum Gasteiger partial charge on any atom is 0.391 e. The van der Waals surface area contributed by atoms with Gasteiger partial charge in [-0.1, -0.05) is 15.9 Å². The molecule has 8 heteroatoms. The fraction of sp³-hybridized carbons (Fsp3) is 0.538. The minimum absolute atomic E-state index is 0.0146. The first kappa shape index (κ1) is 16.1. The highest BCUT2D eigenvalue weighted by Crippen LogP contribution is 2.36. The van der Waals surface area contributed by atoms with Crippen molar-refractivity contribution in [1.29, 1.82) is 0 Å². The van der Waals surface area contributed by atoms with Gasteiger partial charge in [0.25, 0.3) is 5.69 Å². The van der Waals surface area contributed by atoms with Gasteiger partial charge in [-0.2, -0.15) is 13.2 Å². The molecule has 116 valence electrons. The van der Waals surface area contributed by atoms with E-state index in [1.165, 1.54) is 6.07 Å². The number of rotatable bonds is 3. The minimum atomic E-state index is -4.14. The summed E-state index contributed by atoms with van der Waals surface area (Å²) in [5.41, 5.74) is 1.27. The van der Waals surface area contributed by atoms with Crippen LogP contribution in [0.3, 0.4) is 0 Å². The second-order valence-electron chi connectivity index (χ2n) is 5.01. The molecule has 1 aliphatic rings. The van der Waals surface area contributed by atoms with Gasteiger partial charge in [-0.15, -0.1) is 0 Å². The Hall–Kier alpha value is -1.31. The van der Waals surface area contributed by atoms with E-state index in [9.17, 15) is 23.3 Å². The Balaban J connectivity index is 2.12. The molecule has 2 rings (SSSR count). The molecule has 0 aromatic heterocycles. The summed E-state index contributed by atoms with van der Waals surface area (Å²) in [5.74, 6) is -1.25. The first-order valence-electron chi connectivity index (χ1n) is 6.48. The van der Waals surface area contributed by atoms with Crippen LogP contribution < -0.4 is 4.90 Å². The van der Waals surface area contributed by atoms with E-state index in [4.69, 9.17) is 0 Å². The molecule has 0 unspecified atom stereocenters. The number of piperidine rings is 1. The third-order valence-corrected chi connectivity index (χ3v) is 4.33. The lowest BCUT2D eigenvalue weighted by Gasteiger charge is -2.34. The van der Waals surface area contributed by atoms with Gasteiger partial charge in [-0.25, -0.2) is 0 Å². The molecule has 1 heterocycles. The van der Waals surface area contributed by atoms with E-state index in [0.29, 0.717) is 24.0 Å². The van der Waals surface area contributed by atoms with Gasteiger partial charge in [0.1, 0.15) is 0 Å². The summed E-state index contributed by atoms with van der Waals surface area (Å²) < 4.78 is 37.9. The Labute approximate surface area is 128 Å². The van der Waals surface area contributed by atoms with Crippen LogP contribution in [0.2, 0.25) is 0 Å². The van der Waals surface area contributed by atoms with Gasteiger partial charge in [0.15, 0.2) is 0 Å². The molecule has 0 saturated carbocycles. The highest BCUT2D eigenvalue weighted by Gasteiger charge is 2.41. The van der Waals surface area contributed by atoms with Crippen molar-refractivity contribution in [2.24, 2.45) is 5.92 Å². The third kappa shape index (κ3) is 3.66. The average Bonchev–Trinajstić information content (AvgIpc) is 2.45. The molecule has 1 aromatic carbocycles. The predicted octanol–water partition coefficient (Wildman–Crippen LogP) is 4.27. The zero-order valence-electron chi connectivity index (χ0n) is 11.1. The van der Waals surface area contributed by atoms with Crippen LogP contribution in [-0.2, 0) is 5.33 Å². The van der Waals surface area contributed by atoms with Crippen molar-refractivity contribution in [3.8, 4) is 0 Å². The first-order chi connectivity index (χ1) is 9.82. The summed E-state index contributed by atoms with van der Waals surface area (Å²) in [7, 11) is 0. The van der Waals surface area contributed by atoms with Crippen molar-refractivity contribution in [3.63, 3.8) is 0 Å². The van der Waals surface area contributed by atoms with Gasteiger partial charge in [0.05, 0.1) is 10.8 Å². The number of alkyl halides is 4. The molecule has 0 radical (unpaired) electrons. The van der Waals surface area contributed by atoms with Crippen LogP contribution in [0, 0.1) is 16.0 Å². The Morgan fingerprint density at radius 2 is 1.95 bits per heavy atom. The number of halogens is 4. The number of nitro benzene ring substituents is 1. The van der Waals surface area contributed by atoms with Crippen LogP contribution in [-0.4, -0.2) is 24.2 Å². The summed E-state index contributed by atoms with van der Waals surface area (Å²) in [6.07, 6.45) is -4.02. The van der Waals surface area contributed by atoms with Crippen LogP contribution in [0.4, 0.5) is 24.5 Å². The van der Waals surface area contributed by atoms with E-state index in [1.54, 1.807) is 12.1 Å². The van der Waals surface area contributed by atoms with Crippen molar-refractivity contribution < 1.29 is 18.1 Å². The molecule has 0 atom stereocenters. The maximum atomic E-state index is 12.6. The molecule has 0 bridgehead atoms. The number of hydrogen-bond acceptors (Lipinski definition) is 3. The lowest BCUT2D eigenvalue weighted by atomic mass is 9.96. The summed E-state index contributed by atoms with van der Waals surface area (Å²) in [6, 6.07) is 4.67. The Morgan fingerprint density at radius 1 is 1.33 bits per heavy atom. The quantitative estimate of drug-likeness (QED) is 0.456. The Kier molecular flexibility index (Phi) is 4.75. The third-order valence-electron chi connectivity index (χ3n) is 3.73. The SMILES string of the molecule is O=[N+]([O-])c1ccc(N2CCC(C(F)(F)F)CC2)cc1CBr.